The number of rotatable bonds is 4. The summed E-state index contributed by atoms with van der Waals surface area (Å²) >= 11 is 0. The summed E-state index contributed by atoms with van der Waals surface area (Å²) in [6.45, 7) is 1.37. The predicted molar refractivity (Wildman–Crippen MR) is 48.2 cm³/mol. The smallest absolute Gasteiger partial charge is 0.396 e. The summed E-state index contributed by atoms with van der Waals surface area (Å²) in [4.78, 5) is 23.4. The summed E-state index contributed by atoms with van der Waals surface area (Å²) in [5, 5.41) is 2.45. The summed E-state index contributed by atoms with van der Waals surface area (Å²) < 4.78 is 4.23. The fourth-order valence-electron chi connectivity index (χ4n) is 0.762. The molecule has 0 aliphatic heterocycles. The second kappa shape index (κ2) is 6.42. The van der Waals surface area contributed by atoms with Gasteiger partial charge in [-0.15, -0.1) is 0 Å². The standard InChI is InChI=1S/C8H16N2O3/c1-10(2)6-4-5-9-7(11)8(12)13-3/h4-6H2,1-3H3,(H,9,11). The van der Waals surface area contributed by atoms with E-state index in [9.17, 15) is 9.59 Å². The average Bonchev–Trinajstić information content (AvgIpc) is 2.10. The number of amides is 1. The zero-order valence-corrected chi connectivity index (χ0v) is 8.29. The van der Waals surface area contributed by atoms with Crippen LogP contribution in [0.4, 0.5) is 0 Å². The lowest BCUT2D eigenvalue weighted by molar-refractivity contribution is -0.152. The van der Waals surface area contributed by atoms with Crippen LogP contribution >= 0.6 is 0 Å². The van der Waals surface area contributed by atoms with Gasteiger partial charge in [0.1, 0.15) is 0 Å². The molecule has 0 aliphatic rings. The van der Waals surface area contributed by atoms with Crippen molar-refractivity contribution >= 4 is 11.9 Å². The average molecular weight is 188 g/mol. The number of esters is 1. The molecule has 1 amide bonds. The molecule has 0 bridgehead atoms. The number of hydrogen-bond acceptors (Lipinski definition) is 4. The van der Waals surface area contributed by atoms with Gasteiger partial charge in [0, 0.05) is 6.54 Å². The maximum Gasteiger partial charge on any atom is 0.396 e. The summed E-state index contributed by atoms with van der Waals surface area (Å²) in [5.74, 6) is -1.52. The molecular weight excluding hydrogens is 172 g/mol. The van der Waals surface area contributed by atoms with Crippen LogP contribution in [0.15, 0.2) is 0 Å². The van der Waals surface area contributed by atoms with Gasteiger partial charge in [0.25, 0.3) is 0 Å². The zero-order chi connectivity index (χ0) is 10.3. The molecule has 5 heteroatoms. The highest BCUT2D eigenvalue weighted by atomic mass is 16.5. The molecule has 0 atom stereocenters. The fourth-order valence-corrected chi connectivity index (χ4v) is 0.762. The van der Waals surface area contributed by atoms with Crippen LogP contribution in [0.2, 0.25) is 0 Å². The number of nitrogens with zero attached hydrogens (tertiary/aromatic N) is 1. The first-order valence-electron chi connectivity index (χ1n) is 4.08. The van der Waals surface area contributed by atoms with Crippen LogP contribution in [0.1, 0.15) is 6.42 Å². The molecule has 0 aliphatic carbocycles. The van der Waals surface area contributed by atoms with Crippen LogP contribution < -0.4 is 5.32 Å². The molecule has 0 radical (unpaired) electrons. The molecule has 76 valence electrons. The molecule has 13 heavy (non-hydrogen) atoms. The van der Waals surface area contributed by atoms with Gasteiger partial charge >= 0.3 is 11.9 Å². The highest BCUT2D eigenvalue weighted by molar-refractivity contribution is 6.32. The van der Waals surface area contributed by atoms with Crippen molar-refractivity contribution in [2.24, 2.45) is 0 Å². The third-order valence-electron chi connectivity index (χ3n) is 1.44. The van der Waals surface area contributed by atoms with E-state index in [4.69, 9.17) is 0 Å². The second-order valence-electron chi connectivity index (χ2n) is 2.90. The second-order valence-corrected chi connectivity index (χ2v) is 2.90. The number of carbonyl (C=O) groups excluding carboxylic acids is 2. The SMILES string of the molecule is COC(=O)C(=O)NCCCN(C)C. The van der Waals surface area contributed by atoms with Crippen LogP contribution in [0.25, 0.3) is 0 Å². The Morgan fingerprint density at radius 1 is 1.38 bits per heavy atom. The molecular formula is C8H16N2O3. The van der Waals surface area contributed by atoms with E-state index in [0.29, 0.717) is 6.54 Å². The van der Waals surface area contributed by atoms with Crippen LogP contribution in [-0.4, -0.2) is 51.1 Å². The van der Waals surface area contributed by atoms with E-state index in [-0.39, 0.29) is 0 Å². The first-order valence-corrected chi connectivity index (χ1v) is 4.08. The molecule has 0 spiro atoms. The molecule has 0 rings (SSSR count). The number of ether oxygens (including phenoxy) is 1. The Morgan fingerprint density at radius 2 is 2.00 bits per heavy atom. The first kappa shape index (κ1) is 11.9. The Kier molecular flexibility index (Phi) is 5.88. The van der Waals surface area contributed by atoms with E-state index in [1.807, 2.05) is 19.0 Å². The number of methoxy groups -OCH3 is 1. The molecule has 0 aromatic carbocycles. The molecule has 0 aromatic heterocycles. The number of nitrogens with one attached hydrogen (secondary N) is 1. The maximum atomic E-state index is 10.8. The summed E-state index contributed by atoms with van der Waals surface area (Å²) in [6.07, 6.45) is 0.815. The Morgan fingerprint density at radius 3 is 2.46 bits per heavy atom. The van der Waals surface area contributed by atoms with E-state index in [1.54, 1.807) is 0 Å². The van der Waals surface area contributed by atoms with E-state index in [1.165, 1.54) is 7.11 Å². The third kappa shape index (κ3) is 6.10. The van der Waals surface area contributed by atoms with Gasteiger partial charge < -0.3 is 15.0 Å². The minimum absolute atomic E-state index is 0.492. The molecule has 0 aromatic rings. The Balaban J connectivity index is 3.43. The Hall–Kier alpha value is -1.10. The van der Waals surface area contributed by atoms with E-state index < -0.39 is 11.9 Å². The molecule has 0 unspecified atom stereocenters. The highest BCUT2D eigenvalue weighted by Crippen LogP contribution is 1.81. The van der Waals surface area contributed by atoms with E-state index >= 15 is 0 Å². The van der Waals surface area contributed by atoms with Gasteiger partial charge in [-0.25, -0.2) is 4.79 Å². The van der Waals surface area contributed by atoms with Crippen molar-refractivity contribution in [2.75, 3.05) is 34.3 Å². The highest BCUT2D eigenvalue weighted by Gasteiger charge is 2.11. The van der Waals surface area contributed by atoms with Gasteiger partial charge in [-0.05, 0) is 27.1 Å². The van der Waals surface area contributed by atoms with Crippen molar-refractivity contribution < 1.29 is 14.3 Å². The molecule has 0 heterocycles. The normalized spacial score (nSPS) is 9.85. The van der Waals surface area contributed by atoms with E-state index in [0.717, 1.165) is 13.0 Å². The number of carbonyl (C=O) groups is 2. The molecule has 0 saturated carbocycles. The van der Waals surface area contributed by atoms with Gasteiger partial charge in [0.2, 0.25) is 0 Å². The largest absolute Gasteiger partial charge is 0.462 e. The third-order valence-corrected chi connectivity index (χ3v) is 1.44. The number of hydrogen-bond donors (Lipinski definition) is 1. The van der Waals surface area contributed by atoms with Crippen molar-refractivity contribution in [3.05, 3.63) is 0 Å². The minimum atomic E-state index is -0.843. The summed E-state index contributed by atoms with van der Waals surface area (Å²) in [7, 11) is 5.08. The predicted octanol–water partition coefficient (Wildman–Crippen LogP) is -0.773. The lowest BCUT2D eigenvalue weighted by Gasteiger charge is -2.08. The maximum absolute atomic E-state index is 10.8. The lowest BCUT2D eigenvalue weighted by atomic mass is 10.4. The summed E-state index contributed by atoms with van der Waals surface area (Å²) in [6, 6.07) is 0. The van der Waals surface area contributed by atoms with Crippen molar-refractivity contribution in [1.82, 2.24) is 10.2 Å². The molecule has 1 N–H and O–H groups in total. The van der Waals surface area contributed by atoms with Crippen molar-refractivity contribution in [2.45, 2.75) is 6.42 Å². The van der Waals surface area contributed by atoms with Crippen LogP contribution in [0, 0.1) is 0 Å². The van der Waals surface area contributed by atoms with Crippen molar-refractivity contribution in [1.29, 1.82) is 0 Å². The fraction of sp³-hybridized carbons (Fsp3) is 0.750. The quantitative estimate of drug-likeness (QED) is 0.357. The molecule has 0 fully saturated rings. The first-order chi connectivity index (χ1) is 6.07. The van der Waals surface area contributed by atoms with Crippen LogP contribution in [0.5, 0.6) is 0 Å². The Bertz CT molecular complexity index is 180. The molecule has 0 saturated heterocycles. The topological polar surface area (TPSA) is 58.6 Å². The summed E-state index contributed by atoms with van der Waals surface area (Å²) in [5.41, 5.74) is 0. The van der Waals surface area contributed by atoms with Gasteiger partial charge in [-0.1, -0.05) is 0 Å². The van der Waals surface area contributed by atoms with Gasteiger partial charge in [-0.3, -0.25) is 4.79 Å². The van der Waals surface area contributed by atoms with Gasteiger partial charge in [0.05, 0.1) is 7.11 Å². The monoisotopic (exact) mass is 188 g/mol. The zero-order valence-electron chi connectivity index (χ0n) is 8.29. The van der Waals surface area contributed by atoms with E-state index in [2.05, 4.69) is 10.1 Å². The van der Waals surface area contributed by atoms with Crippen LogP contribution in [0.3, 0.4) is 0 Å². The molecule has 5 nitrogen and oxygen atoms in total. The van der Waals surface area contributed by atoms with Gasteiger partial charge in [-0.2, -0.15) is 0 Å². The van der Waals surface area contributed by atoms with Gasteiger partial charge in [0.15, 0.2) is 0 Å². The van der Waals surface area contributed by atoms with Crippen LogP contribution in [-0.2, 0) is 14.3 Å². The minimum Gasteiger partial charge on any atom is -0.462 e. The van der Waals surface area contributed by atoms with Crippen molar-refractivity contribution in [3.63, 3.8) is 0 Å². The Labute approximate surface area is 78.0 Å². The van der Waals surface area contributed by atoms with Crippen molar-refractivity contribution in [3.8, 4) is 0 Å². The lowest BCUT2D eigenvalue weighted by Crippen LogP contribution is -2.33.